The summed E-state index contributed by atoms with van der Waals surface area (Å²) in [6, 6.07) is 9.63. The maximum Gasteiger partial charge on any atom is 0.258 e. The van der Waals surface area contributed by atoms with Gasteiger partial charge in [0.25, 0.3) is 5.91 Å². The minimum absolute atomic E-state index is 0.0480. The second-order valence-electron chi connectivity index (χ2n) is 4.68. The molecule has 0 aromatic heterocycles. The predicted molar refractivity (Wildman–Crippen MR) is 73.7 cm³/mol. The largest absolute Gasteiger partial charge is 0.353 e. The molecule has 96 valence electrons. The lowest BCUT2D eigenvalue weighted by atomic mass is 10.2. The van der Waals surface area contributed by atoms with Crippen LogP contribution in [-0.2, 0) is 4.79 Å². The molecule has 0 aliphatic carbocycles. The summed E-state index contributed by atoms with van der Waals surface area (Å²) in [5.74, 6) is 0.708. The molecule has 1 unspecified atom stereocenters. The molecule has 1 N–H and O–H groups in total. The van der Waals surface area contributed by atoms with E-state index in [1.54, 1.807) is 4.90 Å². The SMILES string of the molecule is CCC1N=C(NC(C)C)N(c2ccccc2)C1=O. The Bertz CT molecular complexity index is 453. The third kappa shape index (κ3) is 2.37. The Labute approximate surface area is 108 Å². The quantitative estimate of drug-likeness (QED) is 0.887. The van der Waals surface area contributed by atoms with Crippen molar-refractivity contribution < 1.29 is 4.79 Å². The van der Waals surface area contributed by atoms with Crippen molar-refractivity contribution >= 4 is 17.6 Å². The Morgan fingerprint density at radius 1 is 1.33 bits per heavy atom. The molecule has 0 saturated carbocycles. The van der Waals surface area contributed by atoms with Crippen molar-refractivity contribution in [2.45, 2.75) is 39.3 Å². The van der Waals surface area contributed by atoms with E-state index in [1.807, 2.05) is 51.1 Å². The summed E-state index contributed by atoms with van der Waals surface area (Å²) >= 11 is 0. The number of carbonyl (C=O) groups is 1. The second-order valence-corrected chi connectivity index (χ2v) is 4.68. The lowest BCUT2D eigenvalue weighted by Gasteiger charge is -2.21. The zero-order chi connectivity index (χ0) is 13.1. The summed E-state index contributed by atoms with van der Waals surface area (Å²) in [5.41, 5.74) is 0.866. The molecule has 0 saturated heterocycles. The fourth-order valence-corrected chi connectivity index (χ4v) is 1.97. The normalized spacial score (nSPS) is 19.3. The third-order valence-electron chi connectivity index (χ3n) is 2.81. The predicted octanol–water partition coefficient (Wildman–Crippen LogP) is 2.17. The van der Waals surface area contributed by atoms with Crippen LogP contribution in [0.3, 0.4) is 0 Å². The fourth-order valence-electron chi connectivity index (χ4n) is 1.97. The van der Waals surface area contributed by atoms with E-state index >= 15 is 0 Å². The summed E-state index contributed by atoms with van der Waals surface area (Å²) in [6.07, 6.45) is 0.728. The number of hydrogen-bond donors (Lipinski definition) is 1. The highest BCUT2D eigenvalue weighted by molar-refractivity contribution is 6.21. The van der Waals surface area contributed by atoms with Crippen LogP contribution in [0.25, 0.3) is 0 Å². The molecular weight excluding hydrogens is 226 g/mol. The van der Waals surface area contributed by atoms with Gasteiger partial charge in [0, 0.05) is 6.04 Å². The number of para-hydroxylation sites is 1. The Morgan fingerprint density at radius 3 is 2.56 bits per heavy atom. The van der Waals surface area contributed by atoms with Crippen molar-refractivity contribution in [1.82, 2.24) is 5.32 Å². The van der Waals surface area contributed by atoms with Gasteiger partial charge in [0.15, 0.2) is 0 Å². The molecule has 1 aromatic carbocycles. The van der Waals surface area contributed by atoms with Gasteiger partial charge in [0.1, 0.15) is 6.04 Å². The number of rotatable bonds is 3. The molecule has 1 aromatic rings. The zero-order valence-electron chi connectivity index (χ0n) is 11.1. The number of hydrogen-bond acceptors (Lipinski definition) is 3. The number of aliphatic imine (C=N–C) groups is 1. The number of guanidine groups is 1. The topological polar surface area (TPSA) is 44.7 Å². The van der Waals surface area contributed by atoms with Crippen molar-refractivity contribution in [2.75, 3.05) is 4.90 Å². The van der Waals surface area contributed by atoms with Crippen molar-refractivity contribution in [1.29, 1.82) is 0 Å². The Kier molecular flexibility index (Phi) is 3.65. The summed E-state index contributed by atoms with van der Waals surface area (Å²) in [4.78, 5) is 18.4. The number of carbonyl (C=O) groups excluding carboxylic acids is 1. The van der Waals surface area contributed by atoms with Gasteiger partial charge in [-0.15, -0.1) is 0 Å². The van der Waals surface area contributed by atoms with Crippen LogP contribution in [0.4, 0.5) is 5.69 Å². The van der Waals surface area contributed by atoms with Crippen LogP contribution in [-0.4, -0.2) is 24.0 Å². The molecule has 1 heterocycles. The molecule has 2 rings (SSSR count). The van der Waals surface area contributed by atoms with Crippen LogP contribution in [0.5, 0.6) is 0 Å². The summed E-state index contributed by atoms with van der Waals surface area (Å²) in [7, 11) is 0. The molecule has 4 nitrogen and oxygen atoms in total. The van der Waals surface area contributed by atoms with Gasteiger partial charge in [-0.3, -0.25) is 4.79 Å². The van der Waals surface area contributed by atoms with Crippen molar-refractivity contribution in [2.24, 2.45) is 4.99 Å². The second kappa shape index (κ2) is 5.21. The first-order valence-electron chi connectivity index (χ1n) is 6.36. The average Bonchev–Trinajstić information content (AvgIpc) is 2.66. The highest BCUT2D eigenvalue weighted by Gasteiger charge is 2.34. The molecule has 0 radical (unpaired) electrons. The Balaban J connectivity index is 2.32. The molecule has 4 heteroatoms. The van der Waals surface area contributed by atoms with E-state index in [2.05, 4.69) is 10.3 Å². The molecule has 1 aliphatic rings. The first-order chi connectivity index (χ1) is 8.63. The lowest BCUT2D eigenvalue weighted by molar-refractivity contribution is -0.118. The van der Waals surface area contributed by atoms with Gasteiger partial charge in [0.05, 0.1) is 5.69 Å². The Hall–Kier alpha value is -1.84. The van der Waals surface area contributed by atoms with Gasteiger partial charge in [-0.1, -0.05) is 25.1 Å². The number of amides is 1. The maximum absolute atomic E-state index is 12.3. The van der Waals surface area contributed by atoms with E-state index in [9.17, 15) is 4.79 Å². The van der Waals surface area contributed by atoms with Gasteiger partial charge < -0.3 is 5.32 Å². The molecule has 0 spiro atoms. The zero-order valence-corrected chi connectivity index (χ0v) is 11.1. The molecule has 1 aliphatic heterocycles. The summed E-state index contributed by atoms with van der Waals surface area (Å²) < 4.78 is 0. The van der Waals surface area contributed by atoms with Gasteiger partial charge in [0.2, 0.25) is 5.96 Å². The molecular formula is C14H19N3O. The van der Waals surface area contributed by atoms with Gasteiger partial charge in [-0.25, -0.2) is 9.89 Å². The van der Waals surface area contributed by atoms with Crippen LogP contribution in [0.1, 0.15) is 27.2 Å². The van der Waals surface area contributed by atoms with Gasteiger partial charge in [-0.05, 0) is 32.4 Å². The highest BCUT2D eigenvalue weighted by Crippen LogP contribution is 2.21. The first-order valence-corrected chi connectivity index (χ1v) is 6.36. The number of benzene rings is 1. The molecule has 1 amide bonds. The van der Waals surface area contributed by atoms with E-state index in [0.717, 1.165) is 12.1 Å². The first kappa shape index (κ1) is 12.6. The van der Waals surface area contributed by atoms with Crippen molar-refractivity contribution in [3.63, 3.8) is 0 Å². The number of anilines is 1. The van der Waals surface area contributed by atoms with Crippen LogP contribution < -0.4 is 10.2 Å². The minimum atomic E-state index is -0.258. The highest BCUT2D eigenvalue weighted by atomic mass is 16.2. The molecule has 0 bridgehead atoms. The van der Waals surface area contributed by atoms with Crippen LogP contribution in [0.15, 0.2) is 35.3 Å². The minimum Gasteiger partial charge on any atom is -0.353 e. The standard InChI is InChI=1S/C14H19N3O/c1-4-12-13(18)17(11-8-6-5-7-9-11)14(16-12)15-10(2)3/h5-10,12H,4H2,1-3H3,(H,15,16). The van der Waals surface area contributed by atoms with Crippen LogP contribution in [0.2, 0.25) is 0 Å². The van der Waals surface area contributed by atoms with E-state index in [1.165, 1.54) is 0 Å². The van der Waals surface area contributed by atoms with E-state index in [4.69, 9.17) is 0 Å². The van der Waals surface area contributed by atoms with Crippen LogP contribution in [0, 0.1) is 0 Å². The van der Waals surface area contributed by atoms with Gasteiger partial charge in [-0.2, -0.15) is 0 Å². The van der Waals surface area contributed by atoms with Crippen molar-refractivity contribution in [3.8, 4) is 0 Å². The van der Waals surface area contributed by atoms with Crippen LogP contribution >= 0.6 is 0 Å². The number of nitrogens with one attached hydrogen (secondary N) is 1. The summed E-state index contributed by atoms with van der Waals surface area (Å²) in [6.45, 7) is 6.05. The van der Waals surface area contributed by atoms with E-state index in [-0.39, 0.29) is 18.0 Å². The fraction of sp³-hybridized carbons (Fsp3) is 0.429. The van der Waals surface area contributed by atoms with E-state index in [0.29, 0.717) is 5.96 Å². The van der Waals surface area contributed by atoms with Gasteiger partial charge >= 0.3 is 0 Å². The smallest absolute Gasteiger partial charge is 0.258 e. The summed E-state index contributed by atoms with van der Waals surface area (Å²) in [5, 5.41) is 3.24. The molecule has 18 heavy (non-hydrogen) atoms. The Morgan fingerprint density at radius 2 is 2.00 bits per heavy atom. The maximum atomic E-state index is 12.3. The molecule has 0 fully saturated rings. The van der Waals surface area contributed by atoms with E-state index < -0.39 is 0 Å². The monoisotopic (exact) mass is 245 g/mol. The lowest BCUT2D eigenvalue weighted by Crippen LogP contribution is -2.44. The third-order valence-corrected chi connectivity index (χ3v) is 2.81. The number of nitrogens with zero attached hydrogens (tertiary/aromatic N) is 2. The van der Waals surface area contributed by atoms with Crippen molar-refractivity contribution in [3.05, 3.63) is 30.3 Å². The average molecular weight is 245 g/mol. The molecule has 1 atom stereocenters.